The van der Waals surface area contributed by atoms with Crippen LogP contribution in [0.25, 0.3) is 82.6 Å². The first-order valence-corrected chi connectivity index (χ1v) is 20.4. The van der Waals surface area contributed by atoms with Crippen LogP contribution in [0.2, 0.25) is 0 Å². The molecule has 2 heteroatoms. The summed E-state index contributed by atoms with van der Waals surface area (Å²) in [6.45, 7) is 4.63. The van der Waals surface area contributed by atoms with Crippen LogP contribution in [0.3, 0.4) is 0 Å². The van der Waals surface area contributed by atoms with Crippen molar-refractivity contribution in [3.05, 3.63) is 217 Å². The lowest BCUT2D eigenvalue weighted by Crippen LogP contribution is -2.14. The molecule has 0 radical (unpaired) electrons. The molecular weight excluding hydrogens is 713 g/mol. The van der Waals surface area contributed by atoms with Gasteiger partial charge in [-0.2, -0.15) is 0 Å². The van der Waals surface area contributed by atoms with Crippen molar-refractivity contribution in [2.24, 2.45) is 0 Å². The van der Waals surface area contributed by atoms with E-state index in [2.05, 4.69) is 223 Å². The molecule has 59 heavy (non-hydrogen) atoms. The molecule has 1 aliphatic carbocycles. The van der Waals surface area contributed by atoms with Crippen LogP contribution >= 0.6 is 0 Å². The van der Waals surface area contributed by atoms with E-state index >= 15 is 0 Å². The summed E-state index contributed by atoms with van der Waals surface area (Å²) < 4.78 is 2.46. The zero-order valence-corrected chi connectivity index (χ0v) is 32.9. The molecule has 12 rings (SSSR count). The minimum absolute atomic E-state index is 0.0897. The molecule has 0 amide bonds. The van der Waals surface area contributed by atoms with Gasteiger partial charge in [-0.15, -0.1) is 0 Å². The average Bonchev–Trinajstić information content (AvgIpc) is 3.90. The minimum Gasteiger partial charge on any atom is -0.311 e. The Morgan fingerprint density at radius 1 is 0.441 bits per heavy atom. The van der Waals surface area contributed by atoms with Gasteiger partial charge in [-0.1, -0.05) is 153 Å². The van der Waals surface area contributed by atoms with Gasteiger partial charge in [-0.05, 0) is 117 Å². The van der Waals surface area contributed by atoms with Crippen LogP contribution < -0.4 is 4.90 Å². The fourth-order valence-electron chi connectivity index (χ4n) is 9.92. The molecule has 0 bridgehead atoms. The first kappa shape index (κ1) is 33.5. The van der Waals surface area contributed by atoms with E-state index in [1.54, 1.807) is 0 Å². The molecule has 0 N–H and O–H groups in total. The molecule has 11 aromatic rings. The maximum Gasteiger partial charge on any atom is 0.0620 e. The Morgan fingerprint density at radius 3 is 1.76 bits per heavy atom. The lowest BCUT2D eigenvalue weighted by Gasteiger charge is -2.26. The summed E-state index contributed by atoms with van der Waals surface area (Å²) in [5.41, 5.74) is 19.4. The van der Waals surface area contributed by atoms with E-state index in [9.17, 15) is 0 Å². The van der Waals surface area contributed by atoms with Crippen LogP contribution in [0.15, 0.2) is 194 Å². The molecule has 0 saturated carbocycles. The van der Waals surface area contributed by atoms with Crippen molar-refractivity contribution in [1.29, 1.82) is 0 Å². The molecule has 0 aliphatic heterocycles. The summed E-state index contributed by atoms with van der Waals surface area (Å²) in [5, 5.41) is 5.20. The van der Waals surface area contributed by atoms with Crippen molar-refractivity contribution >= 4 is 55.2 Å². The highest BCUT2D eigenvalue weighted by Crippen LogP contribution is 2.49. The van der Waals surface area contributed by atoms with Crippen LogP contribution in [0.1, 0.15) is 25.0 Å². The third kappa shape index (κ3) is 5.02. The van der Waals surface area contributed by atoms with Gasteiger partial charge in [0.2, 0.25) is 0 Å². The van der Waals surface area contributed by atoms with E-state index in [0.29, 0.717) is 0 Å². The number of para-hydroxylation sites is 2. The number of fused-ring (bicyclic) bond motifs is 9. The number of benzene rings is 8. The van der Waals surface area contributed by atoms with Gasteiger partial charge in [-0.25, -0.2) is 0 Å². The topological polar surface area (TPSA) is 7.65 Å². The predicted octanol–water partition coefficient (Wildman–Crippen LogP) is 15.2. The second-order valence-corrected chi connectivity index (χ2v) is 16.4. The fraction of sp³-hybridized carbons (Fsp3) is 0.0526. The Hall–Kier alpha value is -7.60. The van der Waals surface area contributed by atoms with Crippen molar-refractivity contribution < 1.29 is 0 Å². The summed E-state index contributed by atoms with van der Waals surface area (Å²) in [4.78, 5) is 2.37. The van der Waals surface area contributed by atoms with E-state index in [1.165, 1.54) is 93.7 Å². The van der Waals surface area contributed by atoms with Crippen molar-refractivity contribution in [3.8, 4) is 44.5 Å². The van der Waals surface area contributed by atoms with E-state index in [4.69, 9.17) is 0 Å². The third-order valence-corrected chi connectivity index (χ3v) is 12.8. The number of hydrogen-bond donors (Lipinski definition) is 0. The maximum absolute atomic E-state index is 3.39. The standard InChI is InChI=1S/C57H38N2/c1-57(2)51-19-8-6-14-46(51)47-35-28-41(36-52(47)57)39-24-31-43(32-25-39)58(42-29-22-38(23-30-42)37-12-4-3-5-13-37)44-33-26-40(27-34-44)45-16-11-21-54-55(45)50-18-10-17-49-48-15-7-9-20-53(48)59(54)56(49)50/h3-5,7-13,15-36H,1-2H3. The maximum atomic E-state index is 3.39. The molecule has 0 spiro atoms. The van der Waals surface area contributed by atoms with Crippen molar-refractivity contribution in [1.82, 2.24) is 4.40 Å². The Bertz CT molecular complexity index is 3370. The van der Waals surface area contributed by atoms with E-state index < -0.39 is 0 Å². The Kier molecular flexibility index (Phi) is 7.22. The second-order valence-electron chi connectivity index (χ2n) is 16.4. The monoisotopic (exact) mass is 750 g/mol. The van der Waals surface area contributed by atoms with E-state index in [0.717, 1.165) is 17.1 Å². The highest BCUT2D eigenvalue weighted by Gasteiger charge is 2.35. The van der Waals surface area contributed by atoms with Crippen LogP contribution in [0.5, 0.6) is 0 Å². The highest BCUT2D eigenvalue weighted by atomic mass is 15.1. The number of anilines is 3. The fourth-order valence-corrected chi connectivity index (χ4v) is 9.92. The van der Waals surface area contributed by atoms with Gasteiger partial charge < -0.3 is 9.30 Å². The van der Waals surface area contributed by atoms with Gasteiger partial charge in [-0.3, -0.25) is 0 Å². The van der Waals surface area contributed by atoms with Crippen LogP contribution in [-0.2, 0) is 5.41 Å². The predicted molar refractivity (Wildman–Crippen MR) is 247 cm³/mol. The molecule has 2 heterocycles. The summed E-state index contributed by atoms with van der Waals surface area (Å²) >= 11 is 0. The zero-order valence-electron chi connectivity index (χ0n) is 32.9. The molecule has 0 saturated heterocycles. The van der Waals surface area contributed by atoms with Crippen molar-refractivity contribution in [2.45, 2.75) is 19.3 Å². The van der Waals surface area contributed by atoms with Gasteiger partial charge in [0.15, 0.2) is 0 Å². The molecule has 0 atom stereocenters. The lowest BCUT2D eigenvalue weighted by molar-refractivity contribution is 0.661. The van der Waals surface area contributed by atoms with Gasteiger partial charge in [0, 0.05) is 49.6 Å². The van der Waals surface area contributed by atoms with Gasteiger partial charge in [0.05, 0.1) is 16.6 Å². The summed E-state index contributed by atoms with van der Waals surface area (Å²) in [6.07, 6.45) is 0. The Balaban J connectivity index is 0.945. The number of nitrogens with zero attached hydrogens (tertiary/aromatic N) is 2. The molecule has 9 aromatic carbocycles. The molecule has 276 valence electrons. The van der Waals surface area contributed by atoms with Gasteiger partial charge in [0.25, 0.3) is 0 Å². The SMILES string of the molecule is CC1(C)c2ccc#cc2-c2ccc(-c3ccc(N(c4ccc(-c5ccccc5)cc4)c4ccc(-c5cccc6c5c5cccc7c8ccccc8n6c75)cc4)cc3)cc21. The number of aromatic nitrogens is 1. The van der Waals surface area contributed by atoms with Gasteiger partial charge >= 0.3 is 0 Å². The lowest BCUT2D eigenvalue weighted by atomic mass is 9.82. The summed E-state index contributed by atoms with van der Waals surface area (Å²) in [7, 11) is 0. The normalized spacial score (nSPS) is 12.9. The third-order valence-electron chi connectivity index (χ3n) is 12.8. The number of rotatable bonds is 6. The van der Waals surface area contributed by atoms with Crippen molar-refractivity contribution in [2.75, 3.05) is 4.90 Å². The molecule has 1 aliphatic rings. The molecule has 0 fully saturated rings. The number of hydrogen-bond acceptors (Lipinski definition) is 1. The quantitative estimate of drug-likeness (QED) is 0.164. The summed E-state index contributed by atoms with van der Waals surface area (Å²) in [5.74, 6) is 0. The zero-order chi connectivity index (χ0) is 39.2. The Morgan fingerprint density at radius 2 is 1.02 bits per heavy atom. The first-order chi connectivity index (χ1) is 29.0. The average molecular weight is 751 g/mol. The summed E-state index contributed by atoms with van der Waals surface area (Å²) in [6, 6.07) is 77.6. The second kappa shape index (κ2) is 12.7. The van der Waals surface area contributed by atoms with Crippen LogP contribution in [0, 0.1) is 12.1 Å². The Labute approximate surface area is 344 Å². The molecule has 2 aromatic heterocycles. The van der Waals surface area contributed by atoms with Gasteiger partial charge in [0.1, 0.15) is 0 Å². The highest BCUT2D eigenvalue weighted by molar-refractivity contribution is 6.25. The minimum atomic E-state index is -0.0897. The molecule has 0 unspecified atom stereocenters. The largest absolute Gasteiger partial charge is 0.311 e. The van der Waals surface area contributed by atoms with Crippen LogP contribution in [-0.4, -0.2) is 4.40 Å². The van der Waals surface area contributed by atoms with Crippen LogP contribution in [0.4, 0.5) is 17.1 Å². The first-order valence-electron chi connectivity index (χ1n) is 20.4. The smallest absolute Gasteiger partial charge is 0.0620 e. The van der Waals surface area contributed by atoms with E-state index in [-0.39, 0.29) is 5.41 Å². The molecular formula is C57H38N2. The molecule has 2 nitrogen and oxygen atoms in total. The van der Waals surface area contributed by atoms with Crippen molar-refractivity contribution in [3.63, 3.8) is 0 Å². The van der Waals surface area contributed by atoms with E-state index in [1.807, 2.05) is 6.07 Å².